The minimum atomic E-state index is -0.112. The predicted octanol–water partition coefficient (Wildman–Crippen LogP) is 4.08. The fraction of sp³-hybridized carbons (Fsp3) is 0.450. The van der Waals surface area contributed by atoms with Gasteiger partial charge < -0.3 is 4.90 Å². The molecule has 1 atom stereocenters. The molecule has 3 heterocycles. The number of fused-ring (bicyclic) bond motifs is 1. The molecule has 0 saturated carbocycles. The van der Waals surface area contributed by atoms with Crippen LogP contribution in [0.5, 0.6) is 0 Å². The van der Waals surface area contributed by atoms with Crippen molar-refractivity contribution in [3.8, 4) is 0 Å². The third-order valence-corrected chi connectivity index (χ3v) is 5.50. The van der Waals surface area contributed by atoms with Gasteiger partial charge in [-0.3, -0.25) is 14.5 Å². The molecular weight excluding hydrogens is 362 g/mol. The maximum atomic E-state index is 12.5. The van der Waals surface area contributed by atoms with Crippen LogP contribution in [-0.4, -0.2) is 26.3 Å². The summed E-state index contributed by atoms with van der Waals surface area (Å²) < 4.78 is 1.89. The summed E-state index contributed by atoms with van der Waals surface area (Å²) in [4.78, 5) is 22.3. The van der Waals surface area contributed by atoms with Gasteiger partial charge in [0.2, 0.25) is 5.95 Å². The van der Waals surface area contributed by atoms with Crippen LogP contribution in [0.3, 0.4) is 0 Å². The second kappa shape index (κ2) is 7.00. The Bertz CT molecular complexity index is 1040. The number of aromatic amines is 1. The number of para-hydroxylation sites is 1. The lowest BCUT2D eigenvalue weighted by Gasteiger charge is -2.25. The van der Waals surface area contributed by atoms with Crippen LogP contribution < -0.4 is 10.5 Å². The Morgan fingerprint density at radius 1 is 1.33 bits per heavy atom. The van der Waals surface area contributed by atoms with Crippen molar-refractivity contribution in [2.45, 2.75) is 46.2 Å². The first-order chi connectivity index (χ1) is 13.0. The summed E-state index contributed by atoms with van der Waals surface area (Å²) in [5.41, 5.74) is 2.59. The molecule has 4 rings (SSSR count). The van der Waals surface area contributed by atoms with Gasteiger partial charge in [-0.05, 0) is 37.8 Å². The van der Waals surface area contributed by atoms with Crippen LogP contribution in [0.1, 0.15) is 44.0 Å². The predicted molar refractivity (Wildman–Crippen MR) is 108 cm³/mol. The normalized spacial score (nSPS) is 17.4. The molecule has 142 valence electrons. The summed E-state index contributed by atoms with van der Waals surface area (Å²) in [6.07, 6.45) is 1.98. The van der Waals surface area contributed by atoms with E-state index in [2.05, 4.69) is 28.8 Å². The van der Waals surface area contributed by atoms with E-state index < -0.39 is 0 Å². The van der Waals surface area contributed by atoms with E-state index in [1.165, 1.54) is 0 Å². The number of benzene rings is 1. The summed E-state index contributed by atoms with van der Waals surface area (Å²) in [5.74, 6) is 1.07. The number of nitrogens with one attached hydrogen (secondary N) is 1. The Hall–Kier alpha value is -2.34. The van der Waals surface area contributed by atoms with E-state index in [0.29, 0.717) is 27.9 Å². The Morgan fingerprint density at radius 2 is 2.11 bits per heavy atom. The second-order valence-corrected chi connectivity index (χ2v) is 7.98. The molecule has 27 heavy (non-hydrogen) atoms. The number of hydrogen-bond acceptors (Lipinski definition) is 4. The van der Waals surface area contributed by atoms with Gasteiger partial charge in [0, 0.05) is 18.7 Å². The average molecular weight is 386 g/mol. The highest BCUT2D eigenvalue weighted by Crippen LogP contribution is 2.39. The summed E-state index contributed by atoms with van der Waals surface area (Å²) in [6, 6.07) is 7.49. The maximum absolute atomic E-state index is 12.5. The molecule has 3 aromatic rings. The van der Waals surface area contributed by atoms with Crippen molar-refractivity contribution in [3.05, 3.63) is 51.0 Å². The fourth-order valence-corrected chi connectivity index (χ4v) is 4.31. The molecular formula is C20H24ClN5O. The molecule has 1 fully saturated rings. The van der Waals surface area contributed by atoms with Crippen LogP contribution in [0.4, 0.5) is 5.95 Å². The lowest BCUT2D eigenvalue weighted by Crippen LogP contribution is -2.27. The Labute approximate surface area is 163 Å². The molecule has 7 heteroatoms. The van der Waals surface area contributed by atoms with E-state index in [1.807, 2.05) is 29.8 Å². The highest BCUT2D eigenvalue weighted by Gasteiger charge is 2.33. The van der Waals surface area contributed by atoms with E-state index in [-0.39, 0.29) is 11.6 Å². The monoisotopic (exact) mass is 385 g/mol. The topological polar surface area (TPSA) is 66.8 Å². The second-order valence-electron chi connectivity index (χ2n) is 7.62. The lowest BCUT2D eigenvalue weighted by atomic mass is 10.1. The number of aryl methyl sites for hydroxylation is 1. The average Bonchev–Trinajstić information content (AvgIpc) is 3.19. The van der Waals surface area contributed by atoms with Crippen molar-refractivity contribution < 1.29 is 0 Å². The summed E-state index contributed by atoms with van der Waals surface area (Å²) in [5, 5.41) is 5.96. The number of halogens is 1. The summed E-state index contributed by atoms with van der Waals surface area (Å²) in [6.45, 7) is 7.93. The smallest absolute Gasteiger partial charge is 0.260 e. The van der Waals surface area contributed by atoms with Gasteiger partial charge in [0.15, 0.2) is 0 Å². The van der Waals surface area contributed by atoms with Gasteiger partial charge >= 0.3 is 0 Å². The Balaban J connectivity index is 1.76. The van der Waals surface area contributed by atoms with E-state index in [9.17, 15) is 4.79 Å². The molecule has 1 aromatic carbocycles. The van der Waals surface area contributed by atoms with E-state index in [1.54, 1.807) is 6.07 Å². The first-order valence-corrected chi connectivity index (χ1v) is 9.82. The molecule has 2 aromatic heterocycles. The summed E-state index contributed by atoms with van der Waals surface area (Å²) in [7, 11) is 0. The molecule has 0 radical (unpaired) electrons. The molecule has 0 aliphatic carbocycles. The van der Waals surface area contributed by atoms with E-state index in [4.69, 9.17) is 16.6 Å². The van der Waals surface area contributed by atoms with Crippen LogP contribution >= 0.6 is 11.6 Å². The third kappa shape index (κ3) is 3.23. The van der Waals surface area contributed by atoms with E-state index in [0.717, 1.165) is 37.2 Å². The molecule has 1 aliphatic heterocycles. The Morgan fingerprint density at radius 3 is 2.89 bits per heavy atom. The number of aromatic nitrogens is 4. The van der Waals surface area contributed by atoms with Crippen LogP contribution in [0.2, 0.25) is 5.15 Å². The molecule has 1 unspecified atom stereocenters. The number of nitrogens with zero attached hydrogens (tertiary/aromatic N) is 4. The van der Waals surface area contributed by atoms with Gasteiger partial charge in [-0.25, -0.2) is 4.98 Å². The maximum Gasteiger partial charge on any atom is 0.260 e. The third-order valence-electron chi connectivity index (χ3n) is 5.11. The Kier molecular flexibility index (Phi) is 4.68. The highest BCUT2D eigenvalue weighted by atomic mass is 35.5. The standard InChI is InChI=1S/C20H24ClN5O/c1-12(2)11-26-18(21)17(13(3)24-26)16-9-6-10-25(16)20-22-15-8-5-4-7-14(15)19(27)23-20/h4-5,7-8,12,16H,6,9-11H2,1-3H3,(H,22,23,27). The molecule has 0 amide bonds. The van der Waals surface area contributed by atoms with Crippen molar-refractivity contribution in [3.63, 3.8) is 0 Å². The van der Waals surface area contributed by atoms with Crippen LogP contribution in [0, 0.1) is 12.8 Å². The van der Waals surface area contributed by atoms with Crippen LogP contribution in [0.15, 0.2) is 29.1 Å². The van der Waals surface area contributed by atoms with Gasteiger partial charge in [-0.1, -0.05) is 37.6 Å². The summed E-state index contributed by atoms with van der Waals surface area (Å²) >= 11 is 6.71. The van der Waals surface area contributed by atoms with Crippen molar-refractivity contribution in [2.24, 2.45) is 5.92 Å². The van der Waals surface area contributed by atoms with Gasteiger partial charge in [-0.2, -0.15) is 5.10 Å². The van der Waals surface area contributed by atoms with Gasteiger partial charge in [0.05, 0.1) is 22.6 Å². The minimum Gasteiger partial charge on any atom is -0.335 e. The van der Waals surface area contributed by atoms with Crippen LogP contribution in [0.25, 0.3) is 10.9 Å². The van der Waals surface area contributed by atoms with Gasteiger partial charge in [0.1, 0.15) is 5.15 Å². The van der Waals surface area contributed by atoms with Crippen LogP contribution in [-0.2, 0) is 6.54 Å². The zero-order chi connectivity index (χ0) is 19.1. The molecule has 1 saturated heterocycles. The zero-order valence-corrected chi connectivity index (χ0v) is 16.6. The molecule has 1 N–H and O–H groups in total. The first kappa shape index (κ1) is 18.0. The van der Waals surface area contributed by atoms with Crippen molar-refractivity contribution in [1.82, 2.24) is 19.7 Å². The SMILES string of the molecule is Cc1nn(CC(C)C)c(Cl)c1C1CCCN1c1nc2ccccc2c(=O)[nH]1. The van der Waals surface area contributed by atoms with Gasteiger partial charge in [-0.15, -0.1) is 0 Å². The molecule has 0 bridgehead atoms. The fourth-order valence-electron chi connectivity index (χ4n) is 3.94. The van der Waals surface area contributed by atoms with Crippen molar-refractivity contribution >= 4 is 28.5 Å². The number of anilines is 1. The molecule has 0 spiro atoms. The van der Waals surface area contributed by atoms with E-state index >= 15 is 0 Å². The highest BCUT2D eigenvalue weighted by molar-refractivity contribution is 6.30. The van der Waals surface area contributed by atoms with Gasteiger partial charge in [0.25, 0.3) is 5.56 Å². The van der Waals surface area contributed by atoms with Crippen molar-refractivity contribution in [2.75, 3.05) is 11.4 Å². The molecule has 1 aliphatic rings. The molecule has 6 nitrogen and oxygen atoms in total. The number of rotatable bonds is 4. The zero-order valence-electron chi connectivity index (χ0n) is 15.9. The quantitative estimate of drug-likeness (QED) is 0.734. The van der Waals surface area contributed by atoms with Crippen molar-refractivity contribution in [1.29, 1.82) is 0 Å². The largest absolute Gasteiger partial charge is 0.335 e. The minimum absolute atomic E-state index is 0.0720. The number of H-pyrrole nitrogens is 1. The first-order valence-electron chi connectivity index (χ1n) is 9.44. The number of hydrogen-bond donors (Lipinski definition) is 1. The lowest BCUT2D eigenvalue weighted by molar-refractivity contribution is 0.481.